The fourth-order valence-electron chi connectivity index (χ4n) is 0.588. The lowest BCUT2D eigenvalue weighted by molar-refractivity contribution is -0.0271. The van der Waals surface area contributed by atoms with Crippen molar-refractivity contribution in [3.05, 3.63) is 0 Å². The van der Waals surface area contributed by atoms with E-state index in [1.165, 1.54) is 0 Å². The highest BCUT2D eigenvalue weighted by molar-refractivity contribution is 6.32. The van der Waals surface area contributed by atoms with Gasteiger partial charge in [-0.25, -0.2) is 4.39 Å². The van der Waals surface area contributed by atoms with Gasteiger partial charge in [-0.05, 0) is 11.6 Å². The van der Waals surface area contributed by atoms with Crippen LogP contribution in [0.25, 0.3) is 0 Å². The number of ether oxygens (including phenoxy) is 1. The fraction of sp³-hybridized carbons (Fsp3) is 1.00. The number of epoxide rings is 1. The van der Waals surface area contributed by atoms with Gasteiger partial charge in [0.2, 0.25) is 0 Å². The zero-order chi connectivity index (χ0) is 8.70. The first-order valence-corrected chi connectivity index (χ1v) is 3.65. The number of hydrogen-bond acceptors (Lipinski definition) is 1. The van der Waals surface area contributed by atoms with Gasteiger partial charge in [-0.15, -0.1) is 0 Å². The van der Waals surface area contributed by atoms with Crippen LogP contribution in [0.3, 0.4) is 0 Å². The molecule has 1 rings (SSSR count). The third kappa shape index (κ3) is 2.39. The molecule has 1 nitrogen and oxygen atoms in total. The average Bonchev–Trinajstić information content (AvgIpc) is 2.45. The van der Waals surface area contributed by atoms with Crippen LogP contribution in [0.15, 0.2) is 0 Å². The molecule has 0 aromatic carbocycles. The van der Waals surface area contributed by atoms with Gasteiger partial charge >= 0.3 is 5.38 Å². The van der Waals surface area contributed by atoms with Crippen molar-refractivity contribution < 1.29 is 17.9 Å². The van der Waals surface area contributed by atoms with Gasteiger partial charge in [0.1, 0.15) is 0 Å². The van der Waals surface area contributed by atoms with E-state index in [4.69, 9.17) is 11.6 Å². The Balaban J connectivity index is 2.49. The number of rotatable bonds is 3. The van der Waals surface area contributed by atoms with Crippen molar-refractivity contribution in [3.63, 3.8) is 0 Å². The second-order valence-corrected chi connectivity index (χ2v) is 3.44. The van der Waals surface area contributed by atoms with Crippen LogP contribution in [0.2, 0.25) is 0 Å². The van der Waals surface area contributed by atoms with Crippen LogP contribution in [0.5, 0.6) is 0 Å². The van der Waals surface area contributed by atoms with Gasteiger partial charge in [0.25, 0.3) is 5.13 Å². The summed E-state index contributed by atoms with van der Waals surface area (Å²) in [6, 6.07) is 0. The van der Waals surface area contributed by atoms with Gasteiger partial charge in [0.15, 0.2) is 0 Å². The highest BCUT2D eigenvalue weighted by atomic mass is 35.5. The van der Waals surface area contributed by atoms with Crippen molar-refractivity contribution >= 4 is 23.2 Å². The van der Waals surface area contributed by atoms with Gasteiger partial charge in [-0.1, -0.05) is 11.6 Å². The molecule has 66 valence electrons. The molecule has 0 unspecified atom stereocenters. The van der Waals surface area contributed by atoms with Crippen molar-refractivity contribution in [1.29, 1.82) is 0 Å². The summed E-state index contributed by atoms with van der Waals surface area (Å²) in [6.07, 6.45) is -1.09. The maximum absolute atomic E-state index is 12.7. The molecule has 0 bridgehead atoms. The maximum atomic E-state index is 12.7. The van der Waals surface area contributed by atoms with Gasteiger partial charge in [-0.2, -0.15) is 8.78 Å². The Morgan fingerprint density at radius 1 is 1.36 bits per heavy atom. The first kappa shape index (κ1) is 9.42. The molecule has 0 radical (unpaired) electrons. The summed E-state index contributed by atoms with van der Waals surface area (Å²) in [5, 5.41) is -7.24. The minimum absolute atomic E-state index is 0.269. The molecule has 2 atom stereocenters. The molecule has 1 saturated heterocycles. The summed E-state index contributed by atoms with van der Waals surface area (Å²) in [4.78, 5) is 0. The molecule has 0 spiro atoms. The SMILES string of the molecule is FC(F)(Cl)[C@@](F)(Cl)C[C@@H]1CO1. The van der Waals surface area contributed by atoms with E-state index in [0.29, 0.717) is 0 Å². The molecule has 6 heteroatoms. The Morgan fingerprint density at radius 3 is 2.09 bits per heavy atom. The quantitative estimate of drug-likeness (QED) is 0.513. The minimum atomic E-state index is -4.04. The van der Waals surface area contributed by atoms with Gasteiger partial charge in [0, 0.05) is 6.42 Å². The van der Waals surface area contributed by atoms with E-state index in [0.717, 1.165) is 0 Å². The molecule has 11 heavy (non-hydrogen) atoms. The minimum Gasteiger partial charge on any atom is -0.373 e. The molecule has 1 aliphatic rings. The Bertz CT molecular complexity index is 152. The van der Waals surface area contributed by atoms with E-state index in [1.54, 1.807) is 0 Å². The zero-order valence-electron chi connectivity index (χ0n) is 5.29. The Hall–Kier alpha value is 0.330. The Kier molecular flexibility index (Phi) is 2.29. The monoisotopic (exact) mass is 208 g/mol. The summed E-state index contributed by atoms with van der Waals surface area (Å²) in [7, 11) is 0. The number of alkyl halides is 5. The largest absolute Gasteiger partial charge is 0.373 e. The standard InChI is InChI=1S/C5H5Cl2F3O/c6-4(8,5(7,9)10)1-3-2-11-3/h3H,1-2H2/t3-,4-/m1/s1. The second kappa shape index (κ2) is 2.68. The number of halogens is 5. The van der Waals surface area contributed by atoms with Crippen molar-refractivity contribution in [2.24, 2.45) is 0 Å². The smallest absolute Gasteiger partial charge is 0.369 e. The van der Waals surface area contributed by atoms with Crippen molar-refractivity contribution in [2.45, 2.75) is 23.0 Å². The van der Waals surface area contributed by atoms with Gasteiger partial charge < -0.3 is 4.74 Å². The third-order valence-corrected chi connectivity index (χ3v) is 2.09. The van der Waals surface area contributed by atoms with Gasteiger partial charge in [0.05, 0.1) is 12.7 Å². The van der Waals surface area contributed by atoms with E-state index in [9.17, 15) is 13.2 Å². The summed E-state index contributed by atoms with van der Waals surface area (Å²) >= 11 is 9.22. The van der Waals surface area contributed by atoms with E-state index >= 15 is 0 Å². The molecule has 1 fully saturated rings. The van der Waals surface area contributed by atoms with Crippen LogP contribution in [-0.4, -0.2) is 23.2 Å². The molecule has 1 aliphatic heterocycles. The third-order valence-electron chi connectivity index (χ3n) is 1.30. The van der Waals surface area contributed by atoms with Crippen molar-refractivity contribution in [2.75, 3.05) is 6.61 Å². The predicted molar refractivity (Wildman–Crippen MR) is 34.8 cm³/mol. The van der Waals surface area contributed by atoms with Crippen LogP contribution in [0.1, 0.15) is 6.42 Å². The summed E-state index contributed by atoms with van der Waals surface area (Å²) in [5.41, 5.74) is 0. The average molecular weight is 209 g/mol. The predicted octanol–water partition coefficient (Wildman–Crippen LogP) is 2.51. The zero-order valence-corrected chi connectivity index (χ0v) is 6.80. The van der Waals surface area contributed by atoms with E-state index < -0.39 is 23.0 Å². The number of hydrogen-bond donors (Lipinski definition) is 0. The van der Waals surface area contributed by atoms with E-state index in [1.807, 2.05) is 0 Å². The van der Waals surface area contributed by atoms with Crippen LogP contribution < -0.4 is 0 Å². The summed E-state index contributed by atoms with van der Waals surface area (Å²) in [5.74, 6) is 0. The molecule has 0 aliphatic carbocycles. The fourth-order valence-corrected chi connectivity index (χ4v) is 0.837. The molecule has 0 aromatic rings. The Morgan fingerprint density at radius 2 is 1.82 bits per heavy atom. The second-order valence-electron chi connectivity index (χ2n) is 2.36. The molecule has 1 heterocycles. The topological polar surface area (TPSA) is 12.5 Å². The Labute approximate surface area is 71.4 Å². The van der Waals surface area contributed by atoms with E-state index in [-0.39, 0.29) is 6.61 Å². The van der Waals surface area contributed by atoms with Crippen LogP contribution in [0.4, 0.5) is 13.2 Å². The highest BCUT2D eigenvalue weighted by Crippen LogP contribution is 2.44. The molecular weight excluding hydrogens is 204 g/mol. The van der Waals surface area contributed by atoms with Crippen molar-refractivity contribution in [1.82, 2.24) is 0 Å². The lowest BCUT2D eigenvalue weighted by Gasteiger charge is -2.21. The summed E-state index contributed by atoms with van der Waals surface area (Å²) < 4.78 is 41.4. The normalized spacial score (nSPS) is 29.7. The maximum Gasteiger partial charge on any atom is 0.369 e. The lowest BCUT2D eigenvalue weighted by Crippen LogP contribution is -2.35. The van der Waals surface area contributed by atoms with Crippen LogP contribution in [-0.2, 0) is 4.74 Å². The van der Waals surface area contributed by atoms with Crippen LogP contribution in [0, 0.1) is 0 Å². The van der Waals surface area contributed by atoms with Crippen LogP contribution >= 0.6 is 23.2 Å². The molecule has 0 saturated carbocycles. The molecule has 0 aromatic heterocycles. The molecular formula is C5H5Cl2F3O. The molecule has 0 amide bonds. The molecule has 0 N–H and O–H groups in total. The van der Waals surface area contributed by atoms with E-state index in [2.05, 4.69) is 16.3 Å². The summed E-state index contributed by atoms with van der Waals surface area (Å²) in [6.45, 7) is 0.269. The highest BCUT2D eigenvalue weighted by Gasteiger charge is 2.55. The first-order valence-electron chi connectivity index (χ1n) is 2.89. The lowest BCUT2D eigenvalue weighted by atomic mass is 10.2. The van der Waals surface area contributed by atoms with Crippen molar-refractivity contribution in [3.8, 4) is 0 Å². The van der Waals surface area contributed by atoms with Gasteiger partial charge in [-0.3, -0.25) is 0 Å². The first-order chi connectivity index (χ1) is 4.83.